The highest BCUT2D eigenvalue weighted by Gasteiger charge is 2.21. The van der Waals surface area contributed by atoms with Crippen molar-refractivity contribution in [2.24, 2.45) is 0 Å². The molecule has 0 radical (unpaired) electrons. The number of benzene rings is 1. The van der Waals surface area contributed by atoms with Gasteiger partial charge in [0.25, 0.3) is 0 Å². The van der Waals surface area contributed by atoms with Gasteiger partial charge in [-0.25, -0.2) is 4.98 Å². The molecular formula is C18H25N3O. The summed E-state index contributed by atoms with van der Waals surface area (Å²) in [5.74, 6) is 0.967. The van der Waals surface area contributed by atoms with E-state index >= 15 is 0 Å². The first-order chi connectivity index (χ1) is 10.9. The zero-order chi connectivity index (χ0) is 15.0. The molecule has 1 atom stereocenters. The van der Waals surface area contributed by atoms with Crippen molar-refractivity contribution in [3.8, 4) is 5.75 Å². The number of likely N-dealkylation sites (tertiary alicyclic amines) is 1. The predicted molar refractivity (Wildman–Crippen MR) is 88.0 cm³/mol. The number of ether oxygens (including phenoxy) is 1. The molecule has 1 unspecified atom stereocenters. The number of piperidine rings is 1. The monoisotopic (exact) mass is 299 g/mol. The molecule has 0 N–H and O–H groups in total. The van der Waals surface area contributed by atoms with Crippen LogP contribution in [0.1, 0.15) is 25.7 Å². The van der Waals surface area contributed by atoms with Gasteiger partial charge < -0.3 is 9.30 Å². The first kappa shape index (κ1) is 15.1. The summed E-state index contributed by atoms with van der Waals surface area (Å²) >= 11 is 0. The van der Waals surface area contributed by atoms with Crippen molar-refractivity contribution in [3.63, 3.8) is 0 Å². The lowest BCUT2D eigenvalue weighted by molar-refractivity contribution is 0.114. The van der Waals surface area contributed by atoms with Crippen LogP contribution < -0.4 is 4.74 Å². The first-order valence-corrected chi connectivity index (χ1v) is 8.29. The topological polar surface area (TPSA) is 30.3 Å². The van der Waals surface area contributed by atoms with Crippen LogP contribution in [-0.2, 0) is 6.54 Å². The fourth-order valence-corrected chi connectivity index (χ4v) is 3.20. The molecule has 1 aromatic heterocycles. The third-order valence-corrected chi connectivity index (χ3v) is 4.42. The summed E-state index contributed by atoms with van der Waals surface area (Å²) < 4.78 is 8.02. The fourth-order valence-electron chi connectivity index (χ4n) is 3.20. The summed E-state index contributed by atoms with van der Waals surface area (Å²) in [5.41, 5.74) is 0. The van der Waals surface area contributed by atoms with Gasteiger partial charge in [-0.3, -0.25) is 4.90 Å². The van der Waals surface area contributed by atoms with Crippen molar-refractivity contribution in [1.29, 1.82) is 0 Å². The highest BCUT2D eigenvalue weighted by molar-refractivity contribution is 5.20. The summed E-state index contributed by atoms with van der Waals surface area (Å²) in [7, 11) is 0. The number of imidazole rings is 1. The second-order valence-corrected chi connectivity index (χ2v) is 5.94. The summed E-state index contributed by atoms with van der Waals surface area (Å²) in [5, 5.41) is 0. The van der Waals surface area contributed by atoms with Gasteiger partial charge in [0.2, 0.25) is 0 Å². The zero-order valence-electron chi connectivity index (χ0n) is 13.1. The van der Waals surface area contributed by atoms with Crippen molar-refractivity contribution < 1.29 is 4.74 Å². The molecule has 4 heteroatoms. The SMILES string of the molecule is c1ccc(OCCN2CCCCC2CCn2ccnc2)cc1. The first-order valence-electron chi connectivity index (χ1n) is 8.29. The Kier molecular flexibility index (Phi) is 5.48. The van der Waals surface area contributed by atoms with Crippen LogP contribution in [0, 0.1) is 0 Å². The van der Waals surface area contributed by atoms with Crippen LogP contribution >= 0.6 is 0 Å². The molecule has 0 bridgehead atoms. The molecule has 22 heavy (non-hydrogen) atoms. The van der Waals surface area contributed by atoms with Gasteiger partial charge in [0, 0.05) is 31.5 Å². The standard InChI is InChI=1S/C18H25N3O/c1-2-7-18(8-3-1)22-15-14-21-11-5-4-6-17(21)9-12-20-13-10-19-16-20/h1-3,7-8,10,13,16-17H,4-6,9,11-12,14-15H2. The molecule has 0 amide bonds. The van der Waals surface area contributed by atoms with Gasteiger partial charge in [0.15, 0.2) is 0 Å². The van der Waals surface area contributed by atoms with Gasteiger partial charge in [0.05, 0.1) is 6.33 Å². The number of hydrogen-bond donors (Lipinski definition) is 0. The molecule has 1 aliphatic rings. The minimum atomic E-state index is 0.676. The van der Waals surface area contributed by atoms with Crippen molar-refractivity contribution in [2.45, 2.75) is 38.3 Å². The Morgan fingerprint density at radius 2 is 2.05 bits per heavy atom. The lowest BCUT2D eigenvalue weighted by Crippen LogP contribution is -2.42. The molecule has 0 saturated carbocycles. The number of aromatic nitrogens is 2. The van der Waals surface area contributed by atoms with Gasteiger partial charge in [-0.2, -0.15) is 0 Å². The minimum absolute atomic E-state index is 0.676. The number of para-hydroxylation sites is 1. The second-order valence-electron chi connectivity index (χ2n) is 5.94. The molecule has 0 aliphatic carbocycles. The van der Waals surface area contributed by atoms with E-state index in [0.29, 0.717) is 6.04 Å². The van der Waals surface area contributed by atoms with E-state index in [-0.39, 0.29) is 0 Å². The molecular weight excluding hydrogens is 274 g/mol. The predicted octanol–water partition coefficient (Wildman–Crippen LogP) is 3.21. The van der Waals surface area contributed by atoms with E-state index in [4.69, 9.17) is 4.74 Å². The molecule has 1 saturated heterocycles. The van der Waals surface area contributed by atoms with Crippen LogP contribution in [0.4, 0.5) is 0 Å². The van der Waals surface area contributed by atoms with E-state index in [0.717, 1.165) is 25.4 Å². The Morgan fingerprint density at radius 1 is 1.14 bits per heavy atom. The van der Waals surface area contributed by atoms with Crippen LogP contribution in [0.3, 0.4) is 0 Å². The van der Waals surface area contributed by atoms with Gasteiger partial charge in [-0.15, -0.1) is 0 Å². The van der Waals surface area contributed by atoms with Gasteiger partial charge in [-0.05, 0) is 37.9 Å². The lowest BCUT2D eigenvalue weighted by Gasteiger charge is -2.35. The van der Waals surface area contributed by atoms with Gasteiger partial charge >= 0.3 is 0 Å². The summed E-state index contributed by atoms with van der Waals surface area (Å²) in [6.45, 7) is 4.04. The minimum Gasteiger partial charge on any atom is -0.492 e. The Labute approximate surface area is 132 Å². The number of hydrogen-bond acceptors (Lipinski definition) is 3. The maximum atomic E-state index is 5.85. The maximum absolute atomic E-state index is 5.85. The third-order valence-electron chi connectivity index (χ3n) is 4.42. The highest BCUT2D eigenvalue weighted by atomic mass is 16.5. The molecule has 2 heterocycles. The summed E-state index contributed by atoms with van der Waals surface area (Å²) in [4.78, 5) is 6.72. The van der Waals surface area contributed by atoms with E-state index in [1.54, 1.807) is 0 Å². The smallest absolute Gasteiger partial charge is 0.119 e. The molecule has 1 aliphatic heterocycles. The number of rotatable bonds is 7. The Hall–Kier alpha value is -1.81. The quantitative estimate of drug-likeness (QED) is 0.786. The fraction of sp³-hybridized carbons (Fsp3) is 0.500. The molecule has 1 fully saturated rings. The van der Waals surface area contributed by atoms with Crippen LogP contribution in [0.15, 0.2) is 49.1 Å². The molecule has 1 aromatic carbocycles. The number of nitrogens with zero attached hydrogens (tertiary/aromatic N) is 3. The largest absolute Gasteiger partial charge is 0.492 e. The van der Waals surface area contributed by atoms with Gasteiger partial charge in [0.1, 0.15) is 12.4 Å². The Balaban J connectivity index is 1.45. The normalized spacial score (nSPS) is 19.2. The molecule has 118 valence electrons. The van der Waals surface area contributed by atoms with E-state index in [1.165, 1.54) is 32.2 Å². The Morgan fingerprint density at radius 3 is 2.86 bits per heavy atom. The average Bonchev–Trinajstić information content (AvgIpc) is 3.08. The van der Waals surface area contributed by atoms with Crippen LogP contribution in [0.25, 0.3) is 0 Å². The van der Waals surface area contributed by atoms with E-state index < -0.39 is 0 Å². The highest BCUT2D eigenvalue weighted by Crippen LogP contribution is 2.20. The van der Waals surface area contributed by atoms with Gasteiger partial charge in [-0.1, -0.05) is 24.6 Å². The van der Waals surface area contributed by atoms with E-state index in [9.17, 15) is 0 Å². The van der Waals surface area contributed by atoms with Crippen LogP contribution in [-0.4, -0.2) is 40.2 Å². The number of aryl methyl sites for hydroxylation is 1. The average molecular weight is 299 g/mol. The van der Waals surface area contributed by atoms with Crippen LogP contribution in [0.5, 0.6) is 5.75 Å². The van der Waals surface area contributed by atoms with Crippen LogP contribution in [0.2, 0.25) is 0 Å². The van der Waals surface area contributed by atoms with Crippen molar-refractivity contribution >= 4 is 0 Å². The van der Waals surface area contributed by atoms with E-state index in [2.05, 4.69) is 14.5 Å². The zero-order valence-corrected chi connectivity index (χ0v) is 13.1. The lowest BCUT2D eigenvalue weighted by atomic mass is 9.99. The molecule has 4 nitrogen and oxygen atoms in total. The van der Waals surface area contributed by atoms with Crippen molar-refractivity contribution in [1.82, 2.24) is 14.5 Å². The maximum Gasteiger partial charge on any atom is 0.119 e. The third kappa shape index (κ3) is 4.34. The summed E-state index contributed by atoms with van der Waals surface area (Å²) in [6, 6.07) is 10.8. The Bertz CT molecular complexity index is 527. The second kappa shape index (κ2) is 7.99. The summed E-state index contributed by atoms with van der Waals surface area (Å²) in [6.07, 6.45) is 11.0. The van der Waals surface area contributed by atoms with Crippen molar-refractivity contribution in [3.05, 3.63) is 49.1 Å². The molecule has 2 aromatic rings. The molecule has 3 rings (SSSR count). The molecule has 0 spiro atoms. The van der Waals surface area contributed by atoms with E-state index in [1.807, 2.05) is 49.1 Å². The van der Waals surface area contributed by atoms with Crippen molar-refractivity contribution in [2.75, 3.05) is 19.7 Å².